The molecule has 3 rings (SSSR count). The minimum Gasteiger partial charge on any atom is -0.319 e. The Morgan fingerprint density at radius 1 is 1.12 bits per heavy atom. The maximum atomic E-state index is 13.9. The third-order valence-electron chi connectivity index (χ3n) is 3.48. The van der Waals surface area contributed by atoms with Crippen molar-refractivity contribution in [2.75, 3.05) is 11.6 Å². The number of rotatable bonds is 3. The molecule has 1 aromatic heterocycles. The van der Waals surface area contributed by atoms with E-state index in [0.29, 0.717) is 5.56 Å². The maximum absolute atomic E-state index is 13.9. The van der Waals surface area contributed by atoms with Crippen molar-refractivity contribution in [1.82, 2.24) is 4.98 Å². The third-order valence-corrected chi connectivity index (χ3v) is 4.59. The Morgan fingerprint density at radius 2 is 1.92 bits per heavy atom. The Morgan fingerprint density at radius 3 is 2.67 bits per heavy atom. The lowest BCUT2D eigenvalue weighted by Gasteiger charge is -2.09. The topological polar surface area (TPSA) is 76.1 Å². The molecular formula is C17H13FN2O3S. The van der Waals surface area contributed by atoms with E-state index in [2.05, 4.69) is 10.3 Å². The molecule has 0 radical (unpaired) electrons. The number of nitrogens with zero attached hydrogens (tertiary/aromatic N) is 1. The summed E-state index contributed by atoms with van der Waals surface area (Å²) in [5.74, 6) is -1.25. The first-order valence-electron chi connectivity index (χ1n) is 7.00. The number of carbonyl (C=O) groups is 1. The zero-order valence-electron chi connectivity index (χ0n) is 12.7. The normalized spacial score (nSPS) is 11.4. The number of nitrogens with one attached hydrogen (secondary N) is 1. The minimum atomic E-state index is -3.50. The molecular weight excluding hydrogens is 331 g/mol. The number of carbonyl (C=O) groups excluding carboxylic acids is 1. The van der Waals surface area contributed by atoms with Crippen LogP contribution in [0.1, 0.15) is 10.4 Å². The molecule has 1 heterocycles. The fourth-order valence-corrected chi connectivity index (χ4v) is 2.89. The smallest absolute Gasteiger partial charge is 0.255 e. The quantitative estimate of drug-likeness (QED) is 0.741. The second-order valence-electron chi connectivity index (χ2n) is 5.28. The van der Waals surface area contributed by atoms with Gasteiger partial charge in [0.25, 0.3) is 5.91 Å². The molecule has 0 aliphatic rings. The van der Waals surface area contributed by atoms with E-state index in [4.69, 9.17) is 0 Å². The van der Waals surface area contributed by atoms with Crippen LogP contribution < -0.4 is 5.32 Å². The van der Waals surface area contributed by atoms with Crippen LogP contribution in [-0.4, -0.2) is 25.6 Å². The summed E-state index contributed by atoms with van der Waals surface area (Å²) in [7, 11) is -3.50. The van der Waals surface area contributed by atoms with Crippen LogP contribution in [0.3, 0.4) is 0 Å². The summed E-state index contributed by atoms with van der Waals surface area (Å²) in [6.07, 6.45) is 2.66. The number of hydrogen-bond acceptors (Lipinski definition) is 4. The van der Waals surface area contributed by atoms with Gasteiger partial charge >= 0.3 is 0 Å². The second kappa shape index (κ2) is 6.01. The van der Waals surface area contributed by atoms with Crippen molar-refractivity contribution >= 4 is 32.3 Å². The van der Waals surface area contributed by atoms with Crippen molar-refractivity contribution in [3.8, 4) is 0 Å². The van der Waals surface area contributed by atoms with Gasteiger partial charge in [0.05, 0.1) is 16.1 Å². The van der Waals surface area contributed by atoms with Crippen molar-refractivity contribution in [2.24, 2.45) is 0 Å². The Bertz CT molecular complexity index is 1050. The molecule has 1 N–H and O–H groups in total. The second-order valence-corrected chi connectivity index (χ2v) is 7.29. The zero-order valence-corrected chi connectivity index (χ0v) is 13.5. The van der Waals surface area contributed by atoms with Gasteiger partial charge in [0.2, 0.25) is 0 Å². The van der Waals surface area contributed by atoms with Gasteiger partial charge in [-0.05, 0) is 42.5 Å². The van der Waals surface area contributed by atoms with Crippen LogP contribution in [0.2, 0.25) is 0 Å². The lowest BCUT2D eigenvalue weighted by Crippen LogP contribution is -2.13. The van der Waals surface area contributed by atoms with E-state index in [1.54, 1.807) is 30.5 Å². The highest BCUT2D eigenvalue weighted by Crippen LogP contribution is 2.21. The molecule has 2 aromatic carbocycles. The van der Waals surface area contributed by atoms with Crippen molar-refractivity contribution in [2.45, 2.75) is 4.90 Å². The van der Waals surface area contributed by atoms with E-state index in [-0.39, 0.29) is 10.6 Å². The summed E-state index contributed by atoms with van der Waals surface area (Å²) in [5.41, 5.74) is 0.869. The zero-order chi connectivity index (χ0) is 17.3. The Hall–Kier alpha value is -2.80. The molecule has 5 nitrogen and oxygen atoms in total. The third kappa shape index (κ3) is 3.26. The number of anilines is 1. The van der Waals surface area contributed by atoms with Gasteiger partial charge in [0.15, 0.2) is 9.84 Å². The van der Waals surface area contributed by atoms with Crippen molar-refractivity contribution in [3.05, 3.63) is 66.1 Å². The van der Waals surface area contributed by atoms with Gasteiger partial charge in [-0.3, -0.25) is 9.78 Å². The molecule has 0 aliphatic carbocycles. The molecule has 24 heavy (non-hydrogen) atoms. The summed E-state index contributed by atoms with van der Waals surface area (Å²) in [4.78, 5) is 16.4. The molecule has 1 amide bonds. The Kier molecular flexibility index (Phi) is 4.02. The first-order valence-corrected chi connectivity index (χ1v) is 8.89. The largest absolute Gasteiger partial charge is 0.319 e. The number of benzene rings is 2. The Labute approximate surface area is 138 Å². The van der Waals surface area contributed by atoms with E-state index in [1.807, 2.05) is 6.07 Å². The Balaban J connectivity index is 1.93. The molecule has 0 aliphatic heterocycles. The molecule has 7 heteroatoms. The summed E-state index contributed by atoms with van der Waals surface area (Å²) in [6, 6.07) is 11.7. The van der Waals surface area contributed by atoms with E-state index in [0.717, 1.165) is 35.4 Å². The molecule has 3 aromatic rings. The molecule has 0 fully saturated rings. The van der Waals surface area contributed by atoms with Gasteiger partial charge in [-0.1, -0.05) is 6.07 Å². The number of amides is 1. The number of fused-ring (bicyclic) bond motifs is 1. The first kappa shape index (κ1) is 16.1. The maximum Gasteiger partial charge on any atom is 0.255 e. The van der Waals surface area contributed by atoms with Gasteiger partial charge < -0.3 is 5.32 Å². The number of hydrogen-bond donors (Lipinski definition) is 1. The summed E-state index contributed by atoms with van der Waals surface area (Å²) >= 11 is 0. The SMILES string of the molecule is CS(=O)(=O)c1ccc(F)c(NC(=O)c2ccc3ncccc3c2)c1. The van der Waals surface area contributed by atoms with Gasteiger partial charge in [-0.25, -0.2) is 12.8 Å². The van der Waals surface area contributed by atoms with Crippen LogP contribution in [0.4, 0.5) is 10.1 Å². The van der Waals surface area contributed by atoms with Crippen LogP contribution >= 0.6 is 0 Å². The molecule has 122 valence electrons. The number of pyridine rings is 1. The predicted octanol–water partition coefficient (Wildman–Crippen LogP) is 3.03. The molecule has 0 saturated heterocycles. The first-order chi connectivity index (χ1) is 11.3. The van der Waals surface area contributed by atoms with Crippen LogP contribution in [0.5, 0.6) is 0 Å². The van der Waals surface area contributed by atoms with Gasteiger partial charge in [0.1, 0.15) is 5.82 Å². The van der Waals surface area contributed by atoms with Crippen LogP contribution in [0.15, 0.2) is 59.6 Å². The average molecular weight is 344 g/mol. The average Bonchev–Trinajstić information content (AvgIpc) is 2.55. The molecule has 0 unspecified atom stereocenters. The van der Waals surface area contributed by atoms with Crippen LogP contribution in [0.25, 0.3) is 10.9 Å². The molecule has 0 bridgehead atoms. The number of halogens is 1. The lowest BCUT2D eigenvalue weighted by atomic mass is 10.1. The van der Waals surface area contributed by atoms with Gasteiger partial charge in [0, 0.05) is 23.4 Å². The highest BCUT2D eigenvalue weighted by Gasteiger charge is 2.14. The van der Waals surface area contributed by atoms with Crippen molar-refractivity contribution < 1.29 is 17.6 Å². The van der Waals surface area contributed by atoms with Crippen LogP contribution in [-0.2, 0) is 9.84 Å². The molecule has 0 saturated carbocycles. The van der Waals surface area contributed by atoms with Gasteiger partial charge in [-0.15, -0.1) is 0 Å². The monoisotopic (exact) mass is 344 g/mol. The fraction of sp³-hybridized carbons (Fsp3) is 0.0588. The minimum absolute atomic E-state index is 0.0677. The number of aromatic nitrogens is 1. The van der Waals surface area contributed by atoms with Crippen molar-refractivity contribution in [1.29, 1.82) is 0 Å². The fourth-order valence-electron chi connectivity index (χ4n) is 2.24. The lowest BCUT2D eigenvalue weighted by molar-refractivity contribution is 0.102. The highest BCUT2D eigenvalue weighted by molar-refractivity contribution is 7.90. The summed E-state index contributed by atoms with van der Waals surface area (Å²) < 4.78 is 37.0. The summed E-state index contributed by atoms with van der Waals surface area (Å²) in [6.45, 7) is 0. The van der Waals surface area contributed by atoms with E-state index in [9.17, 15) is 17.6 Å². The van der Waals surface area contributed by atoms with Crippen molar-refractivity contribution in [3.63, 3.8) is 0 Å². The van der Waals surface area contributed by atoms with E-state index >= 15 is 0 Å². The predicted molar refractivity (Wildman–Crippen MR) is 89.2 cm³/mol. The molecule has 0 spiro atoms. The number of sulfone groups is 1. The van der Waals surface area contributed by atoms with E-state index in [1.165, 1.54) is 0 Å². The van der Waals surface area contributed by atoms with Crippen LogP contribution in [0, 0.1) is 5.82 Å². The van der Waals surface area contributed by atoms with Gasteiger partial charge in [-0.2, -0.15) is 0 Å². The highest BCUT2D eigenvalue weighted by atomic mass is 32.2. The van der Waals surface area contributed by atoms with E-state index < -0.39 is 21.6 Å². The molecule has 0 atom stereocenters. The standard InChI is InChI=1S/C17H13FN2O3S/c1-24(22,23)13-5-6-14(18)16(10-13)20-17(21)12-4-7-15-11(9-12)3-2-8-19-15/h2-10H,1H3,(H,20,21). The summed E-state index contributed by atoms with van der Waals surface area (Å²) in [5, 5.41) is 3.18.